The summed E-state index contributed by atoms with van der Waals surface area (Å²) in [7, 11) is 0. The molecule has 0 radical (unpaired) electrons. The molecular weight excluding hydrogens is 194 g/mol. The molecular formula is C11H19NO3. The molecule has 0 aromatic heterocycles. The molecule has 4 heteroatoms. The third-order valence-electron chi connectivity index (χ3n) is 3.23. The Morgan fingerprint density at radius 1 is 1.47 bits per heavy atom. The highest BCUT2D eigenvalue weighted by Crippen LogP contribution is 2.32. The highest BCUT2D eigenvalue weighted by atomic mass is 16.4. The van der Waals surface area contributed by atoms with E-state index in [2.05, 4.69) is 5.32 Å². The van der Waals surface area contributed by atoms with Crippen molar-refractivity contribution < 1.29 is 14.7 Å². The first kappa shape index (κ1) is 12.0. The number of carbonyl (C=O) groups excluding carboxylic acids is 1. The highest BCUT2D eigenvalue weighted by molar-refractivity contribution is 5.87. The van der Waals surface area contributed by atoms with Gasteiger partial charge in [-0.1, -0.05) is 20.3 Å². The molecule has 0 heterocycles. The largest absolute Gasteiger partial charge is 0.480 e. The van der Waals surface area contributed by atoms with E-state index >= 15 is 0 Å². The Labute approximate surface area is 90.0 Å². The van der Waals surface area contributed by atoms with Gasteiger partial charge in [-0.25, -0.2) is 4.79 Å². The first-order valence-electron chi connectivity index (χ1n) is 5.54. The molecule has 15 heavy (non-hydrogen) atoms. The molecule has 1 fully saturated rings. The number of hydrogen-bond acceptors (Lipinski definition) is 2. The second-order valence-electron chi connectivity index (χ2n) is 4.51. The van der Waals surface area contributed by atoms with E-state index in [0.29, 0.717) is 25.2 Å². The maximum Gasteiger partial charge on any atom is 0.329 e. The molecule has 0 saturated heterocycles. The van der Waals surface area contributed by atoms with Gasteiger partial charge in [-0.3, -0.25) is 4.79 Å². The van der Waals surface area contributed by atoms with Crippen molar-refractivity contribution in [2.24, 2.45) is 5.92 Å². The fourth-order valence-electron chi connectivity index (χ4n) is 1.70. The second-order valence-corrected chi connectivity index (χ2v) is 4.51. The summed E-state index contributed by atoms with van der Waals surface area (Å²) in [6, 6.07) is 0. The van der Waals surface area contributed by atoms with E-state index in [4.69, 9.17) is 5.11 Å². The molecule has 1 unspecified atom stereocenters. The van der Waals surface area contributed by atoms with Crippen LogP contribution in [0.15, 0.2) is 0 Å². The third kappa shape index (κ3) is 2.70. The van der Waals surface area contributed by atoms with Crippen molar-refractivity contribution in [2.75, 3.05) is 0 Å². The predicted octanol–water partition coefficient (Wildman–Crippen LogP) is 1.55. The molecule has 1 rings (SSSR count). The molecule has 1 aliphatic carbocycles. The normalized spacial score (nSPS) is 20.1. The molecule has 0 aromatic carbocycles. The van der Waals surface area contributed by atoms with Crippen LogP contribution in [0.5, 0.6) is 0 Å². The lowest BCUT2D eigenvalue weighted by Gasteiger charge is -2.38. The van der Waals surface area contributed by atoms with E-state index in [-0.39, 0.29) is 5.91 Å². The Morgan fingerprint density at radius 2 is 2.07 bits per heavy atom. The molecule has 4 nitrogen and oxygen atoms in total. The van der Waals surface area contributed by atoms with Gasteiger partial charge in [0.05, 0.1) is 0 Å². The summed E-state index contributed by atoms with van der Waals surface area (Å²) < 4.78 is 0. The van der Waals surface area contributed by atoms with E-state index in [1.807, 2.05) is 13.8 Å². The van der Waals surface area contributed by atoms with Crippen LogP contribution in [0, 0.1) is 5.92 Å². The Hall–Kier alpha value is -1.06. The predicted molar refractivity (Wildman–Crippen MR) is 56.4 cm³/mol. The summed E-state index contributed by atoms with van der Waals surface area (Å²) in [4.78, 5) is 22.5. The van der Waals surface area contributed by atoms with Gasteiger partial charge in [0.1, 0.15) is 5.54 Å². The Balaban J connectivity index is 2.46. The first-order valence-corrected chi connectivity index (χ1v) is 5.54. The molecule has 1 aliphatic rings. The first-order chi connectivity index (χ1) is 7.00. The van der Waals surface area contributed by atoms with Crippen LogP contribution in [-0.4, -0.2) is 22.5 Å². The summed E-state index contributed by atoms with van der Waals surface area (Å²) in [5, 5.41) is 11.7. The van der Waals surface area contributed by atoms with Crippen LogP contribution >= 0.6 is 0 Å². The zero-order chi connectivity index (χ0) is 11.5. The molecule has 0 aromatic rings. The van der Waals surface area contributed by atoms with Crippen LogP contribution in [0.4, 0.5) is 0 Å². The van der Waals surface area contributed by atoms with Gasteiger partial charge in [0.15, 0.2) is 0 Å². The van der Waals surface area contributed by atoms with Gasteiger partial charge in [-0.05, 0) is 25.2 Å². The van der Waals surface area contributed by atoms with Gasteiger partial charge >= 0.3 is 5.97 Å². The number of carbonyl (C=O) groups is 2. The Kier molecular flexibility index (Phi) is 3.72. The van der Waals surface area contributed by atoms with E-state index in [1.165, 1.54) is 0 Å². The van der Waals surface area contributed by atoms with Gasteiger partial charge in [0, 0.05) is 6.42 Å². The summed E-state index contributed by atoms with van der Waals surface area (Å²) in [6.07, 6.45) is 3.37. The van der Waals surface area contributed by atoms with Crippen molar-refractivity contribution in [3.05, 3.63) is 0 Å². The van der Waals surface area contributed by atoms with Gasteiger partial charge < -0.3 is 10.4 Å². The standard InChI is InChI=1S/C11H19NO3/c1-3-8(2)7-9(13)12-11(10(14)15)5-4-6-11/h8H,3-7H2,1-2H3,(H,12,13)(H,14,15). The van der Waals surface area contributed by atoms with Crippen LogP contribution in [-0.2, 0) is 9.59 Å². The molecule has 2 N–H and O–H groups in total. The monoisotopic (exact) mass is 213 g/mol. The molecule has 0 aliphatic heterocycles. The molecule has 1 amide bonds. The van der Waals surface area contributed by atoms with Crippen molar-refractivity contribution in [1.82, 2.24) is 5.32 Å². The van der Waals surface area contributed by atoms with Crippen molar-refractivity contribution in [2.45, 2.75) is 51.5 Å². The quantitative estimate of drug-likeness (QED) is 0.728. The van der Waals surface area contributed by atoms with Gasteiger partial charge in [0.25, 0.3) is 0 Å². The van der Waals surface area contributed by atoms with E-state index in [0.717, 1.165) is 12.8 Å². The molecule has 86 valence electrons. The summed E-state index contributed by atoms with van der Waals surface area (Å²) in [5.41, 5.74) is -0.954. The zero-order valence-electron chi connectivity index (χ0n) is 9.38. The summed E-state index contributed by atoms with van der Waals surface area (Å²) >= 11 is 0. The summed E-state index contributed by atoms with van der Waals surface area (Å²) in [6.45, 7) is 4.02. The number of amides is 1. The molecule has 1 saturated carbocycles. The van der Waals surface area contributed by atoms with Gasteiger partial charge in [-0.2, -0.15) is 0 Å². The number of carboxylic acid groups (broad SMARTS) is 1. The fraction of sp³-hybridized carbons (Fsp3) is 0.818. The van der Waals surface area contributed by atoms with Crippen LogP contribution in [0.25, 0.3) is 0 Å². The van der Waals surface area contributed by atoms with E-state index in [9.17, 15) is 9.59 Å². The minimum Gasteiger partial charge on any atom is -0.480 e. The number of carboxylic acids is 1. The van der Waals surface area contributed by atoms with Crippen molar-refractivity contribution >= 4 is 11.9 Å². The lowest BCUT2D eigenvalue weighted by Crippen LogP contribution is -2.59. The van der Waals surface area contributed by atoms with Gasteiger partial charge in [0.2, 0.25) is 5.91 Å². The Bertz CT molecular complexity index is 259. The van der Waals surface area contributed by atoms with Crippen LogP contribution < -0.4 is 5.32 Å². The SMILES string of the molecule is CCC(C)CC(=O)NC1(C(=O)O)CCC1. The maximum absolute atomic E-state index is 11.6. The third-order valence-corrected chi connectivity index (χ3v) is 3.23. The topological polar surface area (TPSA) is 66.4 Å². The lowest BCUT2D eigenvalue weighted by atomic mass is 9.76. The minimum atomic E-state index is -0.954. The van der Waals surface area contributed by atoms with Crippen molar-refractivity contribution in [3.8, 4) is 0 Å². The molecule has 0 bridgehead atoms. The number of rotatable bonds is 5. The van der Waals surface area contributed by atoms with Crippen LogP contribution in [0.2, 0.25) is 0 Å². The highest BCUT2D eigenvalue weighted by Gasteiger charge is 2.45. The van der Waals surface area contributed by atoms with Gasteiger partial charge in [-0.15, -0.1) is 0 Å². The molecule has 1 atom stereocenters. The zero-order valence-corrected chi connectivity index (χ0v) is 9.38. The average Bonchev–Trinajstić information content (AvgIpc) is 2.10. The minimum absolute atomic E-state index is 0.133. The van der Waals surface area contributed by atoms with E-state index < -0.39 is 11.5 Å². The van der Waals surface area contributed by atoms with Crippen molar-refractivity contribution in [1.29, 1.82) is 0 Å². The van der Waals surface area contributed by atoms with Crippen LogP contribution in [0.1, 0.15) is 46.0 Å². The van der Waals surface area contributed by atoms with E-state index in [1.54, 1.807) is 0 Å². The smallest absolute Gasteiger partial charge is 0.329 e. The lowest BCUT2D eigenvalue weighted by molar-refractivity contribution is -0.151. The number of nitrogens with one attached hydrogen (secondary N) is 1. The second kappa shape index (κ2) is 4.64. The average molecular weight is 213 g/mol. The number of aliphatic carboxylic acids is 1. The summed E-state index contributed by atoms with van der Waals surface area (Å²) in [5.74, 6) is -0.714. The molecule has 0 spiro atoms. The maximum atomic E-state index is 11.6. The van der Waals surface area contributed by atoms with Crippen molar-refractivity contribution in [3.63, 3.8) is 0 Å². The number of hydrogen-bond donors (Lipinski definition) is 2. The fourth-order valence-corrected chi connectivity index (χ4v) is 1.70. The Morgan fingerprint density at radius 3 is 2.40 bits per heavy atom. The van der Waals surface area contributed by atoms with Crippen LogP contribution in [0.3, 0.4) is 0 Å².